The first-order valence-electron chi connectivity index (χ1n) is 8.18. The molecule has 2 bridgehead atoms. The van der Waals surface area contributed by atoms with Gasteiger partial charge in [-0.2, -0.15) is 0 Å². The van der Waals surface area contributed by atoms with Gasteiger partial charge in [-0.1, -0.05) is 0 Å². The van der Waals surface area contributed by atoms with Crippen LogP contribution in [0.15, 0.2) is 40.8 Å². The Hall–Kier alpha value is -2.27. The van der Waals surface area contributed by atoms with E-state index in [4.69, 9.17) is 10.2 Å². The van der Waals surface area contributed by atoms with E-state index in [1.54, 1.807) is 6.07 Å². The number of nitrogens with one attached hydrogen (secondary N) is 1. The number of nitrogens with two attached hydrogens (primary N) is 1. The molecule has 1 atom stereocenters. The Morgan fingerprint density at radius 3 is 2.52 bits per heavy atom. The number of anilines is 1. The van der Waals surface area contributed by atoms with E-state index in [1.165, 1.54) is 25.9 Å². The van der Waals surface area contributed by atoms with Crippen LogP contribution in [-0.2, 0) is 0 Å². The molecule has 0 aliphatic carbocycles. The summed E-state index contributed by atoms with van der Waals surface area (Å²) in [5.41, 5.74) is 7.32. The largest absolute Gasteiger partial charge is 0.451 e. The maximum atomic E-state index is 12.4. The van der Waals surface area contributed by atoms with E-state index < -0.39 is 0 Å². The average molecular weight is 311 g/mol. The fourth-order valence-corrected chi connectivity index (χ4v) is 3.63. The van der Waals surface area contributed by atoms with Crippen LogP contribution in [0.5, 0.6) is 0 Å². The van der Waals surface area contributed by atoms with Gasteiger partial charge in [0.1, 0.15) is 5.76 Å². The van der Waals surface area contributed by atoms with Crippen molar-refractivity contribution >= 4 is 11.6 Å². The number of furan rings is 1. The van der Waals surface area contributed by atoms with Gasteiger partial charge >= 0.3 is 0 Å². The second-order valence-electron chi connectivity index (χ2n) is 6.50. The van der Waals surface area contributed by atoms with Gasteiger partial charge in [0.15, 0.2) is 5.76 Å². The summed E-state index contributed by atoms with van der Waals surface area (Å²) in [7, 11) is 0. The lowest BCUT2D eigenvalue weighted by atomic mass is 9.84. The number of hydrogen-bond acceptors (Lipinski definition) is 4. The number of carbonyl (C=O) groups excluding carboxylic acids is 1. The van der Waals surface area contributed by atoms with E-state index in [2.05, 4.69) is 10.2 Å². The van der Waals surface area contributed by atoms with Crippen molar-refractivity contribution in [1.29, 1.82) is 0 Å². The van der Waals surface area contributed by atoms with Crippen LogP contribution < -0.4 is 11.1 Å². The second-order valence-corrected chi connectivity index (χ2v) is 6.50. The Labute approximate surface area is 135 Å². The molecule has 1 aromatic heterocycles. The van der Waals surface area contributed by atoms with E-state index in [1.807, 2.05) is 30.3 Å². The van der Waals surface area contributed by atoms with Crippen molar-refractivity contribution in [1.82, 2.24) is 10.2 Å². The maximum Gasteiger partial charge on any atom is 0.287 e. The van der Waals surface area contributed by atoms with Gasteiger partial charge in [-0.25, -0.2) is 0 Å². The first kappa shape index (κ1) is 14.3. The first-order chi connectivity index (χ1) is 11.2. The lowest BCUT2D eigenvalue weighted by Crippen LogP contribution is -2.57. The smallest absolute Gasteiger partial charge is 0.287 e. The van der Waals surface area contributed by atoms with Crippen molar-refractivity contribution in [2.75, 3.05) is 25.4 Å². The van der Waals surface area contributed by atoms with Crippen molar-refractivity contribution in [2.24, 2.45) is 5.92 Å². The Morgan fingerprint density at radius 1 is 1.13 bits per heavy atom. The average Bonchev–Trinajstić information content (AvgIpc) is 3.07. The Balaban J connectivity index is 1.46. The number of benzene rings is 1. The fraction of sp³-hybridized carbons (Fsp3) is 0.389. The minimum absolute atomic E-state index is 0.120. The van der Waals surface area contributed by atoms with Crippen LogP contribution in [0.4, 0.5) is 5.69 Å². The van der Waals surface area contributed by atoms with E-state index in [0.29, 0.717) is 23.1 Å². The molecule has 3 aliphatic rings. The van der Waals surface area contributed by atoms with Gasteiger partial charge in [0.2, 0.25) is 0 Å². The summed E-state index contributed by atoms with van der Waals surface area (Å²) in [5, 5.41) is 3.15. The highest BCUT2D eigenvalue weighted by Gasteiger charge is 2.35. The highest BCUT2D eigenvalue weighted by atomic mass is 16.3. The molecule has 5 heteroatoms. The predicted octanol–water partition coefficient (Wildman–Crippen LogP) is 2.35. The molecule has 5 rings (SSSR count). The zero-order valence-corrected chi connectivity index (χ0v) is 13.0. The minimum Gasteiger partial charge on any atom is -0.451 e. The quantitative estimate of drug-likeness (QED) is 0.854. The molecule has 120 valence electrons. The Morgan fingerprint density at radius 2 is 1.87 bits per heavy atom. The zero-order valence-electron chi connectivity index (χ0n) is 13.0. The molecule has 1 aromatic carbocycles. The van der Waals surface area contributed by atoms with E-state index in [-0.39, 0.29) is 11.9 Å². The monoisotopic (exact) mass is 311 g/mol. The molecule has 2 aromatic rings. The molecule has 0 saturated carbocycles. The van der Waals surface area contributed by atoms with Crippen LogP contribution in [0.25, 0.3) is 11.3 Å². The third kappa shape index (κ3) is 2.84. The second kappa shape index (κ2) is 5.74. The first-order valence-corrected chi connectivity index (χ1v) is 8.18. The Bertz CT molecular complexity index is 699. The van der Waals surface area contributed by atoms with Crippen molar-refractivity contribution < 1.29 is 9.21 Å². The topological polar surface area (TPSA) is 71.5 Å². The van der Waals surface area contributed by atoms with Crippen LogP contribution >= 0.6 is 0 Å². The van der Waals surface area contributed by atoms with Crippen molar-refractivity contribution in [3.8, 4) is 11.3 Å². The van der Waals surface area contributed by atoms with E-state index in [9.17, 15) is 4.79 Å². The summed E-state index contributed by atoms with van der Waals surface area (Å²) in [6.45, 7) is 3.29. The Kier molecular flexibility index (Phi) is 3.58. The van der Waals surface area contributed by atoms with Gasteiger partial charge in [0.25, 0.3) is 5.91 Å². The highest BCUT2D eigenvalue weighted by Crippen LogP contribution is 2.28. The van der Waals surface area contributed by atoms with E-state index in [0.717, 1.165) is 12.1 Å². The number of nitrogen functional groups attached to an aromatic ring is 1. The third-order valence-electron chi connectivity index (χ3n) is 5.00. The van der Waals surface area contributed by atoms with Crippen molar-refractivity contribution in [3.63, 3.8) is 0 Å². The van der Waals surface area contributed by atoms with E-state index >= 15 is 0 Å². The summed E-state index contributed by atoms with van der Waals surface area (Å²) in [4.78, 5) is 14.9. The zero-order chi connectivity index (χ0) is 15.8. The van der Waals surface area contributed by atoms with Crippen molar-refractivity contribution in [2.45, 2.75) is 18.9 Å². The van der Waals surface area contributed by atoms with Gasteiger partial charge in [-0.15, -0.1) is 0 Å². The molecule has 0 radical (unpaired) electrons. The molecule has 1 amide bonds. The summed E-state index contributed by atoms with van der Waals surface area (Å²) in [5.74, 6) is 1.54. The number of nitrogens with zero attached hydrogens (tertiary/aromatic N) is 1. The number of fused-ring (bicyclic) bond motifs is 3. The summed E-state index contributed by atoms with van der Waals surface area (Å²) in [6, 6.07) is 11.2. The third-order valence-corrected chi connectivity index (χ3v) is 5.00. The molecular formula is C18H21N3O2. The minimum atomic E-state index is -0.120. The fourth-order valence-electron chi connectivity index (χ4n) is 3.63. The molecule has 5 nitrogen and oxygen atoms in total. The molecule has 0 spiro atoms. The predicted molar refractivity (Wildman–Crippen MR) is 89.0 cm³/mol. The number of amides is 1. The molecule has 1 unspecified atom stereocenters. The summed E-state index contributed by atoms with van der Waals surface area (Å²) >= 11 is 0. The van der Waals surface area contributed by atoms with Crippen LogP contribution in [0.2, 0.25) is 0 Å². The molecule has 3 fully saturated rings. The van der Waals surface area contributed by atoms with Gasteiger partial charge in [-0.05, 0) is 68.2 Å². The van der Waals surface area contributed by atoms with Crippen LogP contribution in [0.3, 0.4) is 0 Å². The standard InChI is InChI=1S/C18H21N3O2/c19-14-3-1-13(2-4-14)16-5-6-17(23-16)18(22)20-15-11-21-9-7-12(15)8-10-21/h1-6,12,15H,7-11,19H2,(H,20,22). The van der Waals surface area contributed by atoms with Gasteiger partial charge in [0, 0.05) is 23.8 Å². The molecule has 4 heterocycles. The van der Waals surface area contributed by atoms with Gasteiger partial charge < -0.3 is 20.4 Å². The molecule has 3 aliphatic heterocycles. The van der Waals surface area contributed by atoms with Crippen LogP contribution in [-0.4, -0.2) is 36.5 Å². The SMILES string of the molecule is Nc1ccc(-c2ccc(C(=O)NC3CN4CCC3CC4)o2)cc1. The van der Waals surface area contributed by atoms with Crippen LogP contribution in [0, 0.1) is 5.92 Å². The molecule has 3 N–H and O–H groups in total. The molecule has 23 heavy (non-hydrogen) atoms. The highest BCUT2D eigenvalue weighted by molar-refractivity contribution is 5.92. The number of carbonyl (C=O) groups is 1. The van der Waals surface area contributed by atoms with Crippen LogP contribution in [0.1, 0.15) is 23.4 Å². The number of rotatable bonds is 3. The molecular weight excluding hydrogens is 290 g/mol. The summed E-state index contributed by atoms with van der Waals surface area (Å²) in [6.07, 6.45) is 2.36. The number of hydrogen-bond donors (Lipinski definition) is 2. The normalized spacial score (nSPS) is 26.2. The lowest BCUT2D eigenvalue weighted by Gasteiger charge is -2.44. The van der Waals surface area contributed by atoms with Crippen molar-refractivity contribution in [3.05, 3.63) is 42.2 Å². The summed E-state index contributed by atoms with van der Waals surface area (Å²) < 4.78 is 5.73. The number of piperidine rings is 3. The van der Waals surface area contributed by atoms with Gasteiger partial charge in [-0.3, -0.25) is 4.79 Å². The molecule has 3 saturated heterocycles. The maximum absolute atomic E-state index is 12.4. The lowest BCUT2D eigenvalue weighted by molar-refractivity contribution is 0.0606. The van der Waals surface area contributed by atoms with Gasteiger partial charge in [0.05, 0.1) is 0 Å².